The van der Waals surface area contributed by atoms with Crippen LogP contribution in [0.5, 0.6) is 5.75 Å². The lowest BCUT2D eigenvalue weighted by Crippen LogP contribution is -2.16. The minimum absolute atomic E-state index is 0.309. The molecule has 0 aliphatic carbocycles. The standard InChI is InChI=1S/C13H14BrNOS/c1-9(13-6-11(14)8-17-13)15-7-10-2-4-12(16)5-3-10/h2-6,8-9,15-16H,7H2,1H3. The maximum Gasteiger partial charge on any atom is 0.115 e. The Kier molecular flexibility index (Phi) is 4.20. The lowest BCUT2D eigenvalue weighted by Gasteiger charge is -2.12. The van der Waals surface area contributed by atoms with E-state index in [0.717, 1.165) is 11.0 Å². The molecule has 90 valence electrons. The summed E-state index contributed by atoms with van der Waals surface area (Å²) >= 11 is 5.21. The summed E-state index contributed by atoms with van der Waals surface area (Å²) in [5, 5.41) is 14.7. The quantitative estimate of drug-likeness (QED) is 0.892. The van der Waals surface area contributed by atoms with Gasteiger partial charge in [-0.05, 0) is 46.6 Å². The molecule has 0 spiro atoms. The number of hydrogen-bond donors (Lipinski definition) is 2. The van der Waals surface area contributed by atoms with Crippen molar-refractivity contribution in [2.45, 2.75) is 19.5 Å². The van der Waals surface area contributed by atoms with E-state index in [1.54, 1.807) is 23.5 Å². The molecule has 0 aliphatic heterocycles. The van der Waals surface area contributed by atoms with Gasteiger partial charge in [-0.1, -0.05) is 12.1 Å². The Morgan fingerprint density at radius 1 is 1.35 bits per heavy atom. The molecule has 2 aromatic rings. The molecular formula is C13H14BrNOS. The molecule has 17 heavy (non-hydrogen) atoms. The van der Waals surface area contributed by atoms with Gasteiger partial charge in [0.1, 0.15) is 5.75 Å². The Bertz CT molecular complexity index is 480. The van der Waals surface area contributed by atoms with Crippen LogP contribution in [0.2, 0.25) is 0 Å². The molecule has 1 atom stereocenters. The van der Waals surface area contributed by atoms with Crippen molar-refractivity contribution >= 4 is 27.3 Å². The molecule has 1 aromatic carbocycles. The molecule has 0 radical (unpaired) electrons. The van der Waals surface area contributed by atoms with Crippen molar-refractivity contribution in [2.24, 2.45) is 0 Å². The van der Waals surface area contributed by atoms with Gasteiger partial charge >= 0.3 is 0 Å². The van der Waals surface area contributed by atoms with E-state index in [9.17, 15) is 5.11 Å². The third kappa shape index (κ3) is 3.56. The van der Waals surface area contributed by atoms with Crippen LogP contribution in [0.15, 0.2) is 40.2 Å². The van der Waals surface area contributed by atoms with E-state index in [2.05, 4.69) is 39.6 Å². The normalized spacial score (nSPS) is 12.6. The summed E-state index contributed by atoms with van der Waals surface area (Å²) in [6.07, 6.45) is 0. The van der Waals surface area contributed by atoms with Crippen molar-refractivity contribution in [3.63, 3.8) is 0 Å². The first-order valence-electron chi connectivity index (χ1n) is 5.40. The second-order valence-corrected chi connectivity index (χ2v) is 5.79. The average Bonchev–Trinajstić information content (AvgIpc) is 2.75. The second-order valence-electron chi connectivity index (χ2n) is 3.94. The third-order valence-corrected chi connectivity index (χ3v) is 4.44. The highest BCUT2D eigenvalue weighted by atomic mass is 79.9. The van der Waals surface area contributed by atoms with Gasteiger partial charge in [-0.25, -0.2) is 0 Å². The van der Waals surface area contributed by atoms with Crippen molar-refractivity contribution < 1.29 is 5.11 Å². The van der Waals surface area contributed by atoms with E-state index in [1.165, 1.54) is 10.4 Å². The zero-order valence-electron chi connectivity index (χ0n) is 9.48. The van der Waals surface area contributed by atoms with Crippen LogP contribution in [0, 0.1) is 0 Å². The van der Waals surface area contributed by atoms with Crippen molar-refractivity contribution in [1.29, 1.82) is 0 Å². The van der Waals surface area contributed by atoms with Gasteiger partial charge in [0.15, 0.2) is 0 Å². The zero-order valence-corrected chi connectivity index (χ0v) is 11.9. The lowest BCUT2D eigenvalue weighted by atomic mass is 10.2. The minimum Gasteiger partial charge on any atom is -0.508 e. The zero-order chi connectivity index (χ0) is 12.3. The summed E-state index contributed by atoms with van der Waals surface area (Å²) in [5.74, 6) is 0.309. The van der Waals surface area contributed by atoms with Gasteiger partial charge in [0, 0.05) is 27.3 Å². The Hall–Kier alpha value is -0.840. The molecule has 2 rings (SSSR count). The molecule has 4 heteroatoms. The first-order chi connectivity index (χ1) is 8.15. The minimum atomic E-state index is 0.309. The molecule has 1 heterocycles. The Labute approximate surface area is 113 Å². The fourth-order valence-electron chi connectivity index (χ4n) is 1.54. The van der Waals surface area contributed by atoms with Crippen LogP contribution in [-0.4, -0.2) is 5.11 Å². The van der Waals surface area contributed by atoms with E-state index < -0.39 is 0 Å². The van der Waals surface area contributed by atoms with Crippen molar-refractivity contribution in [3.05, 3.63) is 50.6 Å². The van der Waals surface area contributed by atoms with E-state index in [-0.39, 0.29) is 0 Å². The number of aromatic hydroxyl groups is 1. The molecule has 0 saturated carbocycles. The maximum atomic E-state index is 9.19. The summed E-state index contributed by atoms with van der Waals surface area (Å²) < 4.78 is 1.13. The highest BCUT2D eigenvalue weighted by Gasteiger charge is 2.07. The molecule has 1 unspecified atom stereocenters. The maximum absolute atomic E-state index is 9.19. The molecule has 1 aromatic heterocycles. The predicted molar refractivity (Wildman–Crippen MR) is 75.4 cm³/mol. The van der Waals surface area contributed by atoms with Crippen LogP contribution in [-0.2, 0) is 6.54 Å². The smallest absolute Gasteiger partial charge is 0.115 e. The number of rotatable bonds is 4. The predicted octanol–water partition coefficient (Wildman–Crippen LogP) is 4.07. The van der Waals surface area contributed by atoms with Crippen LogP contribution in [0.1, 0.15) is 23.4 Å². The average molecular weight is 312 g/mol. The summed E-state index contributed by atoms with van der Waals surface area (Å²) in [6.45, 7) is 2.95. The summed E-state index contributed by atoms with van der Waals surface area (Å²) in [6, 6.07) is 9.75. The summed E-state index contributed by atoms with van der Waals surface area (Å²) in [4.78, 5) is 1.32. The molecular weight excluding hydrogens is 298 g/mol. The molecule has 2 nitrogen and oxygen atoms in total. The monoisotopic (exact) mass is 311 g/mol. The number of phenols is 1. The fraction of sp³-hybridized carbons (Fsp3) is 0.231. The molecule has 0 aliphatic rings. The Morgan fingerprint density at radius 3 is 2.65 bits per heavy atom. The second kappa shape index (κ2) is 5.67. The van der Waals surface area contributed by atoms with Gasteiger partial charge < -0.3 is 10.4 Å². The first kappa shape index (κ1) is 12.6. The summed E-state index contributed by atoms with van der Waals surface area (Å²) in [5.41, 5.74) is 1.17. The first-order valence-corrected chi connectivity index (χ1v) is 7.07. The van der Waals surface area contributed by atoms with Crippen LogP contribution >= 0.6 is 27.3 Å². The van der Waals surface area contributed by atoms with Gasteiger partial charge in [0.05, 0.1) is 0 Å². The number of benzene rings is 1. The molecule has 0 saturated heterocycles. The number of nitrogens with one attached hydrogen (secondary N) is 1. The van der Waals surface area contributed by atoms with Crippen LogP contribution < -0.4 is 5.32 Å². The van der Waals surface area contributed by atoms with E-state index in [0.29, 0.717) is 11.8 Å². The number of hydrogen-bond acceptors (Lipinski definition) is 3. The number of phenolic OH excluding ortho intramolecular Hbond substituents is 1. The lowest BCUT2D eigenvalue weighted by molar-refractivity contribution is 0.475. The van der Waals surface area contributed by atoms with Crippen LogP contribution in [0.4, 0.5) is 0 Å². The van der Waals surface area contributed by atoms with Crippen LogP contribution in [0.25, 0.3) is 0 Å². The summed E-state index contributed by atoms with van der Waals surface area (Å²) in [7, 11) is 0. The largest absolute Gasteiger partial charge is 0.508 e. The van der Waals surface area contributed by atoms with Crippen LogP contribution in [0.3, 0.4) is 0 Å². The molecule has 0 fully saturated rings. The fourth-order valence-corrected chi connectivity index (χ4v) is 3.02. The van der Waals surface area contributed by atoms with E-state index >= 15 is 0 Å². The Morgan fingerprint density at radius 2 is 2.06 bits per heavy atom. The van der Waals surface area contributed by atoms with Crippen molar-refractivity contribution in [2.75, 3.05) is 0 Å². The third-order valence-electron chi connectivity index (χ3n) is 2.56. The Balaban J connectivity index is 1.92. The number of thiophene rings is 1. The molecule has 0 bridgehead atoms. The number of halogens is 1. The van der Waals surface area contributed by atoms with Gasteiger partial charge in [0.2, 0.25) is 0 Å². The van der Waals surface area contributed by atoms with E-state index in [4.69, 9.17) is 0 Å². The van der Waals surface area contributed by atoms with Gasteiger partial charge in [0.25, 0.3) is 0 Å². The van der Waals surface area contributed by atoms with Gasteiger partial charge in [-0.3, -0.25) is 0 Å². The molecule has 0 amide bonds. The van der Waals surface area contributed by atoms with E-state index in [1.807, 2.05) is 12.1 Å². The van der Waals surface area contributed by atoms with Gasteiger partial charge in [-0.2, -0.15) is 0 Å². The highest BCUT2D eigenvalue weighted by Crippen LogP contribution is 2.25. The molecule has 2 N–H and O–H groups in total. The van der Waals surface area contributed by atoms with Gasteiger partial charge in [-0.15, -0.1) is 11.3 Å². The SMILES string of the molecule is CC(NCc1ccc(O)cc1)c1cc(Br)cs1. The topological polar surface area (TPSA) is 32.3 Å². The van der Waals surface area contributed by atoms with Crippen molar-refractivity contribution in [3.8, 4) is 5.75 Å². The van der Waals surface area contributed by atoms with Crippen molar-refractivity contribution in [1.82, 2.24) is 5.32 Å². The highest BCUT2D eigenvalue weighted by molar-refractivity contribution is 9.10.